The van der Waals surface area contributed by atoms with Gasteiger partial charge in [-0.15, -0.1) is 0 Å². The molecule has 1 aromatic carbocycles. The van der Waals surface area contributed by atoms with E-state index in [0.29, 0.717) is 16.7 Å². The predicted molar refractivity (Wildman–Crippen MR) is 83.2 cm³/mol. The van der Waals surface area contributed by atoms with Gasteiger partial charge in [0.15, 0.2) is 11.6 Å². The van der Waals surface area contributed by atoms with Crippen LogP contribution in [0.2, 0.25) is 0 Å². The van der Waals surface area contributed by atoms with E-state index in [4.69, 9.17) is 4.42 Å². The lowest BCUT2D eigenvalue weighted by Crippen LogP contribution is -2.32. The Labute approximate surface area is 137 Å². The molecule has 4 nitrogen and oxygen atoms in total. The van der Waals surface area contributed by atoms with Crippen molar-refractivity contribution in [3.8, 4) is 0 Å². The second kappa shape index (κ2) is 6.62. The molecule has 0 N–H and O–H groups in total. The third-order valence-electron chi connectivity index (χ3n) is 3.74. The highest BCUT2D eigenvalue weighted by Crippen LogP contribution is 2.29. The molecule has 0 radical (unpaired) electrons. The number of aromatic nitrogens is 1. The lowest BCUT2D eigenvalue weighted by atomic mass is 9.98. The number of hydrogen-bond donors (Lipinski definition) is 0. The van der Waals surface area contributed by atoms with Crippen LogP contribution in [0.3, 0.4) is 0 Å². The smallest absolute Gasteiger partial charge is 0.257 e. The summed E-state index contributed by atoms with van der Waals surface area (Å²) in [4.78, 5) is 18.1. The van der Waals surface area contributed by atoms with Crippen LogP contribution in [0.5, 0.6) is 0 Å². The van der Waals surface area contributed by atoms with Gasteiger partial charge >= 0.3 is 0 Å². The number of benzene rings is 1. The first-order chi connectivity index (χ1) is 11.6. The molecule has 2 aromatic heterocycles. The third-order valence-corrected chi connectivity index (χ3v) is 3.74. The molecule has 1 atom stereocenters. The summed E-state index contributed by atoms with van der Waals surface area (Å²) >= 11 is 0. The monoisotopic (exact) mass is 328 g/mol. The summed E-state index contributed by atoms with van der Waals surface area (Å²) in [7, 11) is 1.59. The lowest BCUT2D eigenvalue weighted by molar-refractivity contribution is 0.0754. The average Bonchev–Trinajstić information content (AvgIpc) is 3.13. The van der Waals surface area contributed by atoms with Crippen molar-refractivity contribution in [1.82, 2.24) is 9.88 Å². The Hall–Kier alpha value is -3.02. The number of pyridine rings is 1. The van der Waals surface area contributed by atoms with Crippen LogP contribution < -0.4 is 0 Å². The molecule has 0 saturated heterocycles. The molecule has 6 heteroatoms. The minimum atomic E-state index is -0.967. The summed E-state index contributed by atoms with van der Waals surface area (Å²) in [6, 6.07) is 8.02. The van der Waals surface area contributed by atoms with Crippen LogP contribution in [0, 0.1) is 11.6 Å². The van der Waals surface area contributed by atoms with E-state index in [1.54, 1.807) is 37.6 Å². The largest absolute Gasteiger partial charge is 0.472 e. The topological polar surface area (TPSA) is 46.3 Å². The Bertz CT molecular complexity index is 835. The molecule has 0 aliphatic heterocycles. The van der Waals surface area contributed by atoms with Crippen LogP contribution in [-0.2, 0) is 0 Å². The summed E-state index contributed by atoms with van der Waals surface area (Å²) in [5, 5.41) is 0. The van der Waals surface area contributed by atoms with Crippen molar-refractivity contribution in [1.29, 1.82) is 0 Å². The van der Waals surface area contributed by atoms with E-state index < -0.39 is 17.7 Å². The van der Waals surface area contributed by atoms with Gasteiger partial charge in [-0.25, -0.2) is 8.78 Å². The summed E-state index contributed by atoms with van der Waals surface area (Å²) < 4.78 is 31.9. The minimum absolute atomic E-state index is 0.303. The van der Waals surface area contributed by atoms with Crippen molar-refractivity contribution in [2.24, 2.45) is 0 Å². The van der Waals surface area contributed by atoms with Gasteiger partial charge in [-0.3, -0.25) is 9.78 Å². The first-order valence-corrected chi connectivity index (χ1v) is 7.22. The first kappa shape index (κ1) is 15.9. The van der Waals surface area contributed by atoms with E-state index in [0.717, 1.165) is 12.1 Å². The van der Waals surface area contributed by atoms with Crippen molar-refractivity contribution in [2.45, 2.75) is 6.04 Å². The standard InChI is InChI=1S/C18H14F2N2O2/c1-22(18(23)14-6-8-24-11-14)17(13-3-2-7-21-10-13)12-4-5-15(19)16(20)9-12/h2-11,17H,1H3/t17-/m1/s1. The maximum absolute atomic E-state index is 13.7. The number of rotatable bonds is 4. The van der Waals surface area contributed by atoms with Gasteiger partial charge in [0.25, 0.3) is 5.91 Å². The van der Waals surface area contributed by atoms with Crippen LogP contribution in [-0.4, -0.2) is 22.8 Å². The van der Waals surface area contributed by atoms with Crippen LogP contribution in [0.25, 0.3) is 0 Å². The Morgan fingerprint density at radius 2 is 2.00 bits per heavy atom. The molecule has 0 spiro atoms. The summed E-state index contributed by atoms with van der Waals surface area (Å²) in [5.41, 5.74) is 1.50. The van der Waals surface area contributed by atoms with Gasteiger partial charge in [0.1, 0.15) is 6.26 Å². The van der Waals surface area contributed by atoms with Gasteiger partial charge in [-0.1, -0.05) is 12.1 Å². The average molecular weight is 328 g/mol. The van der Waals surface area contributed by atoms with E-state index in [1.165, 1.54) is 23.5 Å². The second-order valence-electron chi connectivity index (χ2n) is 5.29. The molecule has 3 aromatic rings. The molecule has 0 unspecified atom stereocenters. The maximum atomic E-state index is 13.7. The molecule has 0 saturated carbocycles. The van der Waals surface area contributed by atoms with Crippen molar-refractivity contribution >= 4 is 5.91 Å². The Morgan fingerprint density at radius 3 is 2.62 bits per heavy atom. The van der Waals surface area contributed by atoms with Gasteiger partial charge in [0.2, 0.25) is 0 Å². The fourth-order valence-electron chi connectivity index (χ4n) is 2.57. The lowest BCUT2D eigenvalue weighted by Gasteiger charge is -2.28. The molecular formula is C18H14F2N2O2. The number of hydrogen-bond acceptors (Lipinski definition) is 3. The van der Waals surface area contributed by atoms with E-state index in [2.05, 4.69) is 4.98 Å². The molecule has 1 amide bonds. The number of halogens is 2. The van der Waals surface area contributed by atoms with E-state index in [1.807, 2.05) is 0 Å². The molecule has 24 heavy (non-hydrogen) atoms. The fourth-order valence-corrected chi connectivity index (χ4v) is 2.57. The van der Waals surface area contributed by atoms with Crippen molar-refractivity contribution in [2.75, 3.05) is 7.05 Å². The van der Waals surface area contributed by atoms with Gasteiger partial charge in [0, 0.05) is 19.4 Å². The van der Waals surface area contributed by atoms with Crippen molar-refractivity contribution < 1.29 is 18.0 Å². The van der Waals surface area contributed by atoms with Gasteiger partial charge in [-0.2, -0.15) is 0 Å². The normalized spacial score (nSPS) is 12.0. The zero-order chi connectivity index (χ0) is 17.1. The summed E-state index contributed by atoms with van der Waals surface area (Å²) in [6.45, 7) is 0. The molecule has 0 bridgehead atoms. The molecular weight excluding hydrogens is 314 g/mol. The first-order valence-electron chi connectivity index (χ1n) is 7.22. The zero-order valence-corrected chi connectivity index (χ0v) is 12.8. The molecule has 0 aliphatic rings. The van der Waals surface area contributed by atoms with E-state index in [-0.39, 0.29) is 5.91 Å². The fraction of sp³-hybridized carbons (Fsp3) is 0.111. The molecule has 2 heterocycles. The Morgan fingerprint density at radius 1 is 1.17 bits per heavy atom. The molecule has 0 fully saturated rings. The Balaban J connectivity index is 2.05. The quantitative estimate of drug-likeness (QED) is 0.731. The number of furan rings is 1. The van der Waals surface area contributed by atoms with E-state index in [9.17, 15) is 13.6 Å². The van der Waals surface area contributed by atoms with Crippen molar-refractivity contribution in [3.05, 3.63) is 89.6 Å². The summed E-state index contributed by atoms with van der Waals surface area (Å²) in [5.74, 6) is -2.21. The summed E-state index contributed by atoms with van der Waals surface area (Å²) in [6.07, 6.45) is 5.93. The van der Waals surface area contributed by atoms with Crippen LogP contribution >= 0.6 is 0 Å². The minimum Gasteiger partial charge on any atom is -0.472 e. The molecule has 122 valence electrons. The van der Waals surface area contributed by atoms with E-state index >= 15 is 0 Å². The highest BCUT2D eigenvalue weighted by atomic mass is 19.2. The van der Waals surface area contributed by atoms with Gasteiger partial charge in [-0.05, 0) is 35.4 Å². The van der Waals surface area contributed by atoms with Crippen molar-refractivity contribution in [3.63, 3.8) is 0 Å². The van der Waals surface area contributed by atoms with Crippen LogP contribution in [0.15, 0.2) is 65.7 Å². The van der Waals surface area contributed by atoms with Crippen LogP contribution in [0.4, 0.5) is 8.78 Å². The molecule has 3 rings (SSSR count). The highest BCUT2D eigenvalue weighted by Gasteiger charge is 2.26. The highest BCUT2D eigenvalue weighted by molar-refractivity contribution is 5.94. The van der Waals surface area contributed by atoms with Gasteiger partial charge < -0.3 is 9.32 Å². The predicted octanol–water partition coefficient (Wildman–Crippen LogP) is 3.81. The zero-order valence-electron chi connectivity index (χ0n) is 12.8. The number of nitrogens with zero attached hydrogens (tertiary/aromatic N) is 2. The maximum Gasteiger partial charge on any atom is 0.257 e. The number of amides is 1. The second-order valence-corrected chi connectivity index (χ2v) is 5.29. The SMILES string of the molecule is CN(C(=O)c1ccoc1)[C@@H](c1cccnc1)c1ccc(F)c(F)c1. The number of carbonyl (C=O) groups is 1. The molecule has 0 aliphatic carbocycles. The van der Waals surface area contributed by atoms with Crippen LogP contribution in [0.1, 0.15) is 27.5 Å². The third kappa shape index (κ3) is 3.03. The number of carbonyl (C=O) groups excluding carboxylic acids is 1. The Kier molecular flexibility index (Phi) is 4.37. The van der Waals surface area contributed by atoms with Gasteiger partial charge in [0.05, 0.1) is 17.9 Å².